The van der Waals surface area contributed by atoms with Crippen LogP contribution >= 0.6 is 0 Å². The minimum absolute atomic E-state index is 0.0108. The van der Waals surface area contributed by atoms with E-state index in [1.54, 1.807) is 0 Å². The summed E-state index contributed by atoms with van der Waals surface area (Å²) in [5, 5.41) is 7.02. The lowest BCUT2D eigenvalue weighted by atomic mass is 10.0. The molecule has 1 aliphatic rings. The van der Waals surface area contributed by atoms with E-state index in [4.69, 9.17) is 10.3 Å². The molecule has 0 saturated heterocycles. The van der Waals surface area contributed by atoms with E-state index < -0.39 is 0 Å². The third-order valence-electron chi connectivity index (χ3n) is 4.66. The van der Waals surface area contributed by atoms with Gasteiger partial charge >= 0.3 is 0 Å². The molecule has 1 heterocycles. The van der Waals surface area contributed by atoms with Crippen LogP contribution in [0.4, 0.5) is 0 Å². The van der Waals surface area contributed by atoms with Crippen LogP contribution in [0.1, 0.15) is 50.5 Å². The Morgan fingerprint density at radius 2 is 2.04 bits per heavy atom. The number of benzene rings is 1. The van der Waals surface area contributed by atoms with Crippen molar-refractivity contribution in [1.29, 1.82) is 0 Å². The van der Waals surface area contributed by atoms with Crippen molar-refractivity contribution < 1.29 is 9.32 Å². The number of carbonyl (C=O) groups is 1. The van der Waals surface area contributed by atoms with Crippen molar-refractivity contribution in [2.45, 2.75) is 51.5 Å². The highest BCUT2D eigenvalue weighted by Gasteiger charge is 2.31. The maximum atomic E-state index is 12.0. The zero-order chi connectivity index (χ0) is 17.8. The average molecular weight is 342 g/mol. The predicted octanol–water partition coefficient (Wildman–Crippen LogP) is 2.65. The SMILES string of the molecule is CC(C)c1ccc(-c2noc(CCC(=O)NC(CN)C3CC3)n2)cc1. The largest absolute Gasteiger partial charge is 0.352 e. The highest BCUT2D eigenvalue weighted by atomic mass is 16.5. The fourth-order valence-corrected chi connectivity index (χ4v) is 2.86. The van der Waals surface area contributed by atoms with E-state index in [9.17, 15) is 4.79 Å². The maximum Gasteiger partial charge on any atom is 0.227 e. The molecule has 0 spiro atoms. The average Bonchev–Trinajstić information content (AvgIpc) is 3.35. The number of nitrogens with zero attached hydrogens (tertiary/aromatic N) is 2. The number of nitrogens with one attached hydrogen (secondary N) is 1. The summed E-state index contributed by atoms with van der Waals surface area (Å²) in [5.74, 6) is 2.07. The normalized spacial score (nSPS) is 15.4. The standard InChI is InChI=1S/C19H26N4O2/c1-12(2)13-3-7-15(8-4-13)19-22-18(25-23-19)10-9-17(24)21-16(11-20)14-5-6-14/h3-4,7-8,12,14,16H,5-6,9-11,20H2,1-2H3,(H,21,24). The van der Waals surface area contributed by atoms with Gasteiger partial charge in [-0.25, -0.2) is 0 Å². The fourth-order valence-electron chi connectivity index (χ4n) is 2.86. The van der Waals surface area contributed by atoms with Crippen molar-refractivity contribution >= 4 is 5.91 Å². The van der Waals surface area contributed by atoms with E-state index in [1.807, 2.05) is 12.1 Å². The van der Waals surface area contributed by atoms with Crippen LogP contribution in [-0.4, -0.2) is 28.6 Å². The number of amides is 1. The molecule has 0 bridgehead atoms. The first-order valence-electron chi connectivity index (χ1n) is 8.99. The van der Waals surface area contributed by atoms with Gasteiger partial charge in [-0.1, -0.05) is 43.3 Å². The molecule has 3 N–H and O–H groups in total. The molecule has 1 aliphatic carbocycles. The monoisotopic (exact) mass is 342 g/mol. The van der Waals surface area contributed by atoms with E-state index in [0.717, 1.165) is 18.4 Å². The number of nitrogens with two attached hydrogens (primary N) is 1. The van der Waals surface area contributed by atoms with E-state index in [2.05, 4.69) is 41.4 Å². The number of carbonyl (C=O) groups excluding carboxylic acids is 1. The molecule has 134 valence electrons. The van der Waals surface area contributed by atoms with Crippen molar-refractivity contribution in [3.05, 3.63) is 35.7 Å². The molecule has 6 heteroatoms. The molecule has 6 nitrogen and oxygen atoms in total. The van der Waals surface area contributed by atoms with Gasteiger partial charge < -0.3 is 15.6 Å². The smallest absolute Gasteiger partial charge is 0.227 e. The molecule has 0 radical (unpaired) electrons. The van der Waals surface area contributed by atoms with Gasteiger partial charge in [0.05, 0.1) is 0 Å². The Bertz CT molecular complexity index is 704. The molecule has 1 saturated carbocycles. The Balaban J connectivity index is 1.53. The second-order valence-electron chi connectivity index (χ2n) is 7.04. The predicted molar refractivity (Wildman–Crippen MR) is 95.9 cm³/mol. The second-order valence-corrected chi connectivity index (χ2v) is 7.04. The zero-order valence-electron chi connectivity index (χ0n) is 14.9. The second kappa shape index (κ2) is 7.78. The Morgan fingerprint density at radius 1 is 1.32 bits per heavy atom. The lowest BCUT2D eigenvalue weighted by molar-refractivity contribution is -0.121. The van der Waals surface area contributed by atoms with Crippen molar-refractivity contribution in [3.8, 4) is 11.4 Å². The van der Waals surface area contributed by atoms with Crippen molar-refractivity contribution in [1.82, 2.24) is 15.5 Å². The van der Waals surface area contributed by atoms with Crippen molar-refractivity contribution in [2.24, 2.45) is 11.7 Å². The number of aromatic nitrogens is 2. The summed E-state index contributed by atoms with van der Waals surface area (Å²) < 4.78 is 5.27. The number of hydrogen-bond acceptors (Lipinski definition) is 5. The minimum Gasteiger partial charge on any atom is -0.352 e. The highest BCUT2D eigenvalue weighted by molar-refractivity contribution is 5.76. The highest BCUT2D eigenvalue weighted by Crippen LogP contribution is 2.32. The summed E-state index contributed by atoms with van der Waals surface area (Å²) >= 11 is 0. The lowest BCUT2D eigenvalue weighted by Crippen LogP contribution is -2.41. The molecule has 1 unspecified atom stereocenters. The molecule has 3 rings (SSSR count). The first-order valence-corrected chi connectivity index (χ1v) is 8.99. The van der Waals surface area contributed by atoms with Gasteiger partial charge in [-0.2, -0.15) is 4.98 Å². The summed E-state index contributed by atoms with van der Waals surface area (Å²) in [6.45, 7) is 4.81. The molecular weight excluding hydrogens is 316 g/mol. The van der Waals surface area contributed by atoms with Gasteiger partial charge in [-0.05, 0) is 30.2 Å². The zero-order valence-corrected chi connectivity index (χ0v) is 14.9. The summed E-state index contributed by atoms with van der Waals surface area (Å²) in [6, 6.07) is 8.25. The van der Waals surface area contributed by atoms with Gasteiger partial charge in [0, 0.05) is 31.0 Å². The van der Waals surface area contributed by atoms with Crippen molar-refractivity contribution in [2.75, 3.05) is 6.54 Å². The fraction of sp³-hybridized carbons (Fsp3) is 0.526. The summed E-state index contributed by atoms with van der Waals surface area (Å²) in [6.07, 6.45) is 3.08. The van der Waals surface area contributed by atoms with Crippen molar-refractivity contribution in [3.63, 3.8) is 0 Å². The van der Waals surface area contributed by atoms with Gasteiger partial charge in [0.15, 0.2) is 0 Å². The van der Waals surface area contributed by atoms with Crippen LogP contribution in [0.15, 0.2) is 28.8 Å². The van der Waals surface area contributed by atoms with Gasteiger partial charge in [0.25, 0.3) is 0 Å². The van der Waals surface area contributed by atoms with Gasteiger partial charge in [0.1, 0.15) is 0 Å². The van der Waals surface area contributed by atoms with E-state index in [0.29, 0.717) is 42.9 Å². The van der Waals surface area contributed by atoms with Crippen LogP contribution in [0.25, 0.3) is 11.4 Å². The summed E-state index contributed by atoms with van der Waals surface area (Å²) in [4.78, 5) is 16.4. The third kappa shape index (κ3) is 4.66. The molecule has 25 heavy (non-hydrogen) atoms. The Morgan fingerprint density at radius 3 is 2.64 bits per heavy atom. The van der Waals surface area contributed by atoms with Crippen LogP contribution in [0.2, 0.25) is 0 Å². The summed E-state index contributed by atoms with van der Waals surface area (Å²) in [5.41, 5.74) is 7.90. The molecule has 2 aromatic rings. The first kappa shape index (κ1) is 17.6. The lowest BCUT2D eigenvalue weighted by Gasteiger charge is -2.15. The minimum atomic E-state index is -0.0108. The Hall–Kier alpha value is -2.21. The molecule has 1 aromatic carbocycles. The Kier molecular flexibility index (Phi) is 5.48. The topological polar surface area (TPSA) is 94.0 Å². The van der Waals surface area contributed by atoms with E-state index in [-0.39, 0.29) is 11.9 Å². The quantitative estimate of drug-likeness (QED) is 0.769. The Labute approximate surface area is 148 Å². The number of rotatable bonds is 8. The van der Waals surface area contributed by atoms with Crippen LogP contribution in [0, 0.1) is 5.92 Å². The molecule has 0 aliphatic heterocycles. The first-order chi connectivity index (χ1) is 12.1. The maximum absolute atomic E-state index is 12.0. The summed E-state index contributed by atoms with van der Waals surface area (Å²) in [7, 11) is 0. The molecular formula is C19H26N4O2. The molecule has 1 amide bonds. The van der Waals surface area contributed by atoms with Gasteiger partial charge in [-0.15, -0.1) is 0 Å². The van der Waals surface area contributed by atoms with Crippen LogP contribution in [0.5, 0.6) is 0 Å². The van der Waals surface area contributed by atoms with Gasteiger partial charge in [-0.3, -0.25) is 4.79 Å². The molecule has 1 fully saturated rings. The number of hydrogen-bond donors (Lipinski definition) is 2. The third-order valence-corrected chi connectivity index (χ3v) is 4.66. The van der Waals surface area contributed by atoms with E-state index in [1.165, 1.54) is 5.56 Å². The molecule has 1 atom stereocenters. The van der Waals surface area contributed by atoms with Crippen LogP contribution in [0.3, 0.4) is 0 Å². The van der Waals surface area contributed by atoms with Crippen LogP contribution in [-0.2, 0) is 11.2 Å². The number of aryl methyl sites for hydroxylation is 1. The molecule has 1 aromatic heterocycles. The van der Waals surface area contributed by atoms with Crippen LogP contribution < -0.4 is 11.1 Å². The van der Waals surface area contributed by atoms with E-state index >= 15 is 0 Å². The van der Waals surface area contributed by atoms with Gasteiger partial charge in [0.2, 0.25) is 17.6 Å².